The second kappa shape index (κ2) is 8.55. The molecule has 0 heterocycles. The molecular formula is C19H22O7. The Morgan fingerprint density at radius 2 is 1.08 bits per heavy atom. The smallest absolute Gasteiger partial charge is 0.394 e. The van der Waals surface area contributed by atoms with Crippen molar-refractivity contribution in [2.45, 2.75) is 39.5 Å². The van der Waals surface area contributed by atoms with Gasteiger partial charge in [0.05, 0.1) is 0 Å². The van der Waals surface area contributed by atoms with E-state index in [1.165, 1.54) is 0 Å². The van der Waals surface area contributed by atoms with Crippen molar-refractivity contribution in [1.29, 1.82) is 0 Å². The van der Waals surface area contributed by atoms with E-state index in [-0.39, 0.29) is 34.8 Å². The molecule has 2 aromatic carbocycles. The van der Waals surface area contributed by atoms with Gasteiger partial charge in [0.25, 0.3) is 0 Å². The average Bonchev–Trinajstić information content (AvgIpc) is 2.60. The average molecular weight is 362 g/mol. The molecule has 0 atom stereocenters. The lowest BCUT2D eigenvalue weighted by atomic mass is 10.0. The highest BCUT2D eigenvalue weighted by molar-refractivity contribution is 5.69. The molecule has 2 N–H and O–H groups in total. The Bertz CT molecular complexity index is 705. The van der Waals surface area contributed by atoms with Crippen LogP contribution < -0.4 is 19.2 Å². The van der Waals surface area contributed by atoms with Crippen LogP contribution in [0.1, 0.15) is 50.7 Å². The monoisotopic (exact) mass is 362 g/mol. The Hall–Kier alpha value is -2.77. The second-order valence-corrected chi connectivity index (χ2v) is 6.28. The number of carbonyl (C=O) groups is 1. The predicted molar refractivity (Wildman–Crippen MR) is 94.2 cm³/mol. The van der Waals surface area contributed by atoms with Crippen LogP contribution in [0.5, 0.6) is 23.0 Å². The van der Waals surface area contributed by atoms with Gasteiger partial charge in [-0.2, -0.15) is 0 Å². The van der Waals surface area contributed by atoms with Crippen LogP contribution in [0.3, 0.4) is 0 Å². The maximum atomic E-state index is 12.3. The highest BCUT2D eigenvalue weighted by Gasteiger charge is 2.21. The summed E-state index contributed by atoms with van der Waals surface area (Å²) in [6.07, 6.45) is -0.959. The molecule has 7 heteroatoms. The van der Waals surface area contributed by atoms with Gasteiger partial charge in [-0.15, -0.1) is 0 Å². The fourth-order valence-corrected chi connectivity index (χ4v) is 2.72. The molecule has 2 rings (SSSR count). The van der Waals surface area contributed by atoms with Gasteiger partial charge in [-0.25, -0.2) is 15.3 Å². The van der Waals surface area contributed by atoms with E-state index < -0.39 is 6.16 Å². The number of carbonyl (C=O) groups excluding carboxylic acids is 1. The molecule has 0 fully saturated rings. The summed E-state index contributed by atoms with van der Waals surface area (Å²) in [4.78, 5) is 21.0. The van der Waals surface area contributed by atoms with Crippen molar-refractivity contribution >= 4 is 6.16 Å². The summed E-state index contributed by atoms with van der Waals surface area (Å²) in [7, 11) is 0. The number of hydrogen-bond donors (Lipinski definition) is 2. The number of ether oxygens (including phenoxy) is 2. The van der Waals surface area contributed by atoms with Gasteiger partial charge in [-0.1, -0.05) is 39.8 Å². The molecule has 0 aliphatic rings. The van der Waals surface area contributed by atoms with E-state index in [2.05, 4.69) is 9.78 Å². The van der Waals surface area contributed by atoms with Gasteiger partial charge in [0, 0.05) is 11.1 Å². The molecule has 140 valence electrons. The van der Waals surface area contributed by atoms with Crippen molar-refractivity contribution in [2.24, 2.45) is 0 Å². The highest BCUT2D eigenvalue weighted by Crippen LogP contribution is 2.37. The number of rotatable bonds is 6. The molecule has 0 aliphatic heterocycles. The predicted octanol–water partition coefficient (Wildman–Crippen LogP) is 5.21. The number of benzene rings is 2. The van der Waals surface area contributed by atoms with Crippen LogP contribution in [0.4, 0.5) is 4.79 Å². The number of hydrogen-bond acceptors (Lipinski definition) is 7. The van der Waals surface area contributed by atoms with Crippen LogP contribution >= 0.6 is 0 Å². The van der Waals surface area contributed by atoms with Crippen molar-refractivity contribution in [3.63, 3.8) is 0 Å². The highest BCUT2D eigenvalue weighted by atomic mass is 17.1. The summed E-state index contributed by atoms with van der Waals surface area (Å²) in [6, 6.07) is 9.45. The van der Waals surface area contributed by atoms with E-state index >= 15 is 0 Å². The van der Waals surface area contributed by atoms with Gasteiger partial charge in [0.15, 0.2) is 11.5 Å². The normalized spacial score (nSPS) is 10.8. The first kappa shape index (κ1) is 19.6. The fraction of sp³-hybridized carbons (Fsp3) is 0.316. The lowest BCUT2D eigenvalue weighted by Crippen LogP contribution is -2.16. The molecule has 0 unspecified atom stereocenters. The molecule has 0 spiro atoms. The maximum absolute atomic E-state index is 12.3. The third kappa shape index (κ3) is 4.25. The Kier molecular flexibility index (Phi) is 6.43. The zero-order valence-corrected chi connectivity index (χ0v) is 15.1. The van der Waals surface area contributed by atoms with Gasteiger partial charge < -0.3 is 19.2 Å². The van der Waals surface area contributed by atoms with E-state index in [0.717, 1.165) is 0 Å². The minimum Gasteiger partial charge on any atom is -0.394 e. The van der Waals surface area contributed by atoms with Crippen molar-refractivity contribution in [3.8, 4) is 23.0 Å². The van der Waals surface area contributed by atoms with Crippen LogP contribution in [0.25, 0.3) is 0 Å². The Balaban J connectivity index is 2.29. The summed E-state index contributed by atoms with van der Waals surface area (Å²) < 4.78 is 10.6. The fourth-order valence-electron chi connectivity index (χ4n) is 2.72. The molecule has 0 aliphatic carbocycles. The van der Waals surface area contributed by atoms with Crippen LogP contribution in [0.2, 0.25) is 0 Å². The van der Waals surface area contributed by atoms with Gasteiger partial charge in [-0.05, 0) is 36.1 Å². The largest absolute Gasteiger partial charge is 0.519 e. The standard InChI is InChI=1S/C19H22O7/c1-11(2)17-13(7-5-9-15(17)25-21)23-19(20)24-14-8-6-10-16(26-22)18(14)12(3)4/h5-12,21-22H,1-4H3. The molecule has 0 saturated carbocycles. The van der Waals surface area contributed by atoms with Crippen molar-refractivity contribution < 1.29 is 34.6 Å². The minimum atomic E-state index is -0.959. The first-order valence-electron chi connectivity index (χ1n) is 8.17. The van der Waals surface area contributed by atoms with Crippen molar-refractivity contribution in [2.75, 3.05) is 0 Å². The Morgan fingerprint density at radius 1 is 0.731 bits per heavy atom. The zero-order chi connectivity index (χ0) is 19.3. The van der Waals surface area contributed by atoms with Crippen LogP contribution in [-0.2, 0) is 0 Å². The van der Waals surface area contributed by atoms with E-state index in [1.807, 2.05) is 27.7 Å². The SMILES string of the molecule is CC(C)c1c(OO)cccc1OC(=O)Oc1cccc(OO)c1C(C)C. The van der Waals surface area contributed by atoms with E-state index in [0.29, 0.717) is 11.1 Å². The molecule has 26 heavy (non-hydrogen) atoms. The van der Waals surface area contributed by atoms with Crippen molar-refractivity contribution in [1.82, 2.24) is 0 Å². The molecule has 0 amide bonds. The van der Waals surface area contributed by atoms with Crippen molar-refractivity contribution in [3.05, 3.63) is 47.5 Å². The molecular weight excluding hydrogens is 340 g/mol. The molecule has 0 radical (unpaired) electrons. The van der Waals surface area contributed by atoms with E-state index in [9.17, 15) is 4.79 Å². The molecule has 0 bridgehead atoms. The maximum Gasteiger partial charge on any atom is 0.519 e. The minimum absolute atomic E-state index is 0.0708. The second-order valence-electron chi connectivity index (χ2n) is 6.28. The molecule has 7 nitrogen and oxygen atoms in total. The Morgan fingerprint density at radius 3 is 1.38 bits per heavy atom. The third-order valence-electron chi connectivity index (χ3n) is 3.79. The molecule has 2 aromatic rings. The summed E-state index contributed by atoms with van der Waals surface area (Å²) in [5, 5.41) is 18.0. The van der Waals surface area contributed by atoms with Gasteiger partial charge in [-0.3, -0.25) is 0 Å². The third-order valence-corrected chi connectivity index (χ3v) is 3.79. The molecule has 0 saturated heterocycles. The summed E-state index contributed by atoms with van der Waals surface area (Å²) in [5.41, 5.74) is 1.06. The summed E-state index contributed by atoms with van der Waals surface area (Å²) >= 11 is 0. The first-order valence-corrected chi connectivity index (χ1v) is 8.17. The van der Waals surface area contributed by atoms with Crippen LogP contribution in [0.15, 0.2) is 36.4 Å². The van der Waals surface area contributed by atoms with Gasteiger partial charge in [0.2, 0.25) is 0 Å². The summed E-state index contributed by atoms with van der Waals surface area (Å²) in [6.45, 7) is 7.48. The lowest BCUT2D eigenvalue weighted by Gasteiger charge is -2.17. The van der Waals surface area contributed by atoms with Crippen LogP contribution in [0, 0.1) is 0 Å². The van der Waals surface area contributed by atoms with Gasteiger partial charge >= 0.3 is 6.16 Å². The Labute approximate surface area is 151 Å². The van der Waals surface area contributed by atoms with E-state index in [4.69, 9.17) is 20.0 Å². The lowest BCUT2D eigenvalue weighted by molar-refractivity contribution is -0.138. The van der Waals surface area contributed by atoms with Gasteiger partial charge in [0.1, 0.15) is 11.5 Å². The molecule has 0 aromatic heterocycles. The quantitative estimate of drug-likeness (QED) is 0.315. The topological polar surface area (TPSA) is 94.5 Å². The zero-order valence-electron chi connectivity index (χ0n) is 15.1. The summed E-state index contributed by atoms with van der Waals surface area (Å²) in [5.74, 6) is 0.694. The van der Waals surface area contributed by atoms with E-state index in [1.54, 1.807) is 36.4 Å². The first-order chi connectivity index (χ1) is 12.4. The van der Waals surface area contributed by atoms with Crippen LogP contribution in [-0.4, -0.2) is 16.7 Å².